The maximum atomic E-state index is 2.76. The molecule has 3 aliphatic heterocycles. The van der Waals surface area contributed by atoms with Crippen molar-refractivity contribution in [3.8, 4) is 0 Å². The van der Waals surface area contributed by atoms with Gasteiger partial charge in [0.15, 0.2) is 0 Å². The van der Waals surface area contributed by atoms with Gasteiger partial charge in [0, 0.05) is 32.2 Å². The van der Waals surface area contributed by atoms with Crippen LogP contribution in [-0.4, -0.2) is 73.1 Å². The molecule has 3 heterocycles. The summed E-state index contributed by atoms with van der Waals surface area (Å²) in [5.41, 5.74) is 0. The zero-order valence-electron chi connectivity index (χ0n) is 15.8. The van der Waals surface area contributed by atoms with Gasteiger partial charge in [0.25, 0.3) is 0 Å². The summed E-state index contributed by atoms with van der Waals surface area (Å²) in [5, 5.41) is 0. The Bertz CT molecular complexity index is 335. The van der Waals surface area contributed by atoms with E-state index in [1.54, 1.807) is 0 Å². The molecule has 0 aromatic heterocycles. The van der Waals surface area contributed by atoms with E-state index in [4.69, 9.17) is 0 Å². The zero-order chi connectivity index (χ0) is 16.2. The normalized spacial score (nSPS) is 27.7. The van der Waals surface area contributed by atoms with Crippen molar-refractivity contribution in [3.05, 3.63) is 0 Å². The summed E-state index contributed by atoms with van der Waals surface area (Å²) in [5.74, 6) is 2.93. The molecule has 23 heavy (non-hydrogen) atoms. The number of piperidine rings is 2. The van der Waals surface area contributed by atoms with E-state index in [1.165, 1.54) is 84.5 Å². The predicted octanol–water partition coefficient (Wildman–Crippen LogP) is 3.16. The van der Waals surface area contributed by atoms with Gasteiger partial charge in [-0.25, -0.2) is 0 Å². The molecule has 0 bridgehead atoms. The van der Waals surface area contributed by atoms with Gasteiger partial charge < -0.3 is 14.7 Å². The van der Waals surface area contributed by atoms with Crippen LogP contribution in [0.4, 0.5) is 0 Å². The van der Waals surface area contributed by atoms with Crippen molar-refractivity contribution >= 4 is 0 Å². The Morgan fingerprint density at radius 3 is 1.70 bits per heavy atom. The van der Waals surface area contributed by atoms with Crippen LogP contribution in [0.1, 0.15) is 52.9 Å². The van der Waals surface area contributed by atoms with E-state index in [9.17, 15) is 0 Å². The van der Waals surface area contributed by atoms with Crippen molar-refractivity contribution in [1.29, 1.82) is 0 Å². The second kappa shape index (κ2) is 8.31. The van der Waals surface area contributed by atoms with E-state index in [-0.39, 0.29) is 0 Å². The SMILES string of the molecule is CCC1CCN(CC2CCN(CC3CN(C(C)C)C3)CC2)CC1. The van der Waals surface area contributed by atoms with E-state index in [1.807, 2.05) is 0 Å². The molecule has 0 aromatic rings. The molecule has 0 N–H and O–H groups in total. The molecular formula is C20H39N3. The largest absolute Gasteiger partial charge is 0.303 e. The fourth-order valence-electron chi connectivity index (χ4n) is 4.81. The summed E-state index contributed by atoms with van der Waals surface area (Å²) in [6, 6.07) is 0.744. The highest BCUT2D eigenvalue weighted by Crippen LogP contribution is 2.25. The molecule has 0 aromatic carbocycles. The van der Waals surface area contributed by atoms with Gasteiger partial charge in [-0.3, -0.25) is 0 Å². The van der Waals surface area contributed by atoms with Crippen molar-refractivity contribution in [2.24, 2.45) is 17.8 Å². The summed E-state index contributed by atoms with van der Waals surface area (Å²) in [6.07, 6.45) is 7.16. The minimum Gasteiger partial charge on any atom is -0.303 e. The molecule has 0 atom stereocenters. The average Bonchev–Trinajstić information content (AvgIpc) is 2.52. The first-order valence-corrected chi connectivity index (χ1v) is 10.3. The highest BCUT2D eigenvalue weighted by atomic mass is 15.2. The Hall–Kier alpha value is -0.120. The molecule has 0 amide bonds. The molecular weight excluding hydrogens is 282 g/mol. The fraction of sp³-hybridized carbons (Fsp3) is 1.00. The van der Waals surface area contributed by atoms with Crippen LogP contribution in [0.3, 0.4) is 0 Å². The minimum atomic E-state index is 0.744. The lowest BCUT2D eigenvalue weighted by atomic mass is 9.91. The molecule has 0 saturated carbocycles. The number of hydrogen-bond donors (Lipinski definition) is 0. The third-order valence-corrected chi connectivity index (χ3v) is 6.74. The highest BCUT2D eigenvalue weighted by molar-refractivity contribution is 4.86. The van der Waals surface area contributed by atoms with Gasteiger partial charge in [-0.2, -0.15) is 0 Å². The molecule has 0 spiro atoms. The monoisotopic (exact) mass is 321 g/mol. The summed E-state index contributed by atoms with van der Waals surface area (Å²) < 4.78 is 0. The van der Waals surface area contributed by atoms with Crippen molar-refractivity contribution in [3.63, 3.8) is 0 Å². The second-order valence-electron chi connectivity index (χ2n) is 8.81. The van der Waals surface area contributed by atoms with Crippen LogP contribution >= 0.6 is 0 Å². The maximum absolute atomic E-state index is 2.76. The quantitative estimate of drug-likeness (QED) is 0.744. The summed E-state index contributed by atoms with van der Waals surface area (Å²) in [4.78, 5) is 8.12. The van der Waals surface area contributed by atoms with E-state index < -0.39 is 0 Å². The Morgan fingerprint density at radius 1 is 0.739 bits per heavy atom. The molecule has 0 radical (unpaired) electrons. The lowest BCUT2D eigenvalue weighted by Crippen LogP contribution is -2.54. The van der Waals surface area contributed by atoms with Crippen LogP contribution < -0.4 is 0 Å². The molecule has 3 saturated heterocycles. The maximum Gasteiger partial charge on any atom is 0.00388 e. The predicted molar refractivity (Wildman–Crippen MR) is 98.8 cm³/mol. The number of rotatable bonds is 6. The van der Waals surface area contributed by atoms with Crippen LogP contribution in [0.5, 0.6) is 0 Å². The van der Waals surface area contributed by atoms with Crippen LogP contribution in [0, 0.1) is 17.8 Å². The standard InChI is InChI=1S/C20H39N3/c1-4-18-5-9-21(10-6-18)13-19-7-11-22(12-8-19)14-20-15-23(16-20)17(2)3/h17-20H,4-16H2,1-3H3. The van der Waals surface area contributed by atoms with Gasteiger partial charge in [-0.1, -0.05) is 13.3 Å². The zero-order valence-corrected chi connectivity index (χ0v) is 15.8. The van der Waals surface area contributed by atoms with E-state index in [0.717, 1.165) is 23.8 Å². The number of hydrogen-bond acceptors (Lipinski definition) is 3. The molecule has 134 valence electrons. The number of nitrogens with zero attached hydrogens (tertiary/aromatic N) is 3. The minimum absolute atomic E-state index is 0.744. The first-order chi connectivity index (χ1) is 11.1. The Morgan fingerprint density at radius 2 is 1.22 bits per heavy atom. The van der Waals surface area contributed by atoms with E-state index in [0.29, 0.717) is 0 Å². The van der Waals surface area contributed by atoms with Gasteiger partial charge in [-0.05, 0) is 83.5 Å². The Labute approximate surface area is 144 Å². The van der Waals surface area contributed by atoms with Crippen LogP contribution in [0.25, 0.3) is 0 Å². The molecule has 0 unspecified atom stereocenters. The van der Waals surface area contributed by atoms with Gasteiger partial charge in [0.05, 0.1) is 0 Å². The smallest absolute Gasteiger partial charge is 0.00388 e. The van der Waals surface area contributed by atoms with Gasteiger partial charge in [-0.15, -0.1) is 0 Å². The van der Waals surface area contributed by atoms with Crippen LogP contribution in [0.15, 0.2) is 0 Å². The van der Waals surface area contributed by atoms with Gasteiger partial charge in [0.2, 0.25) is 0 Å². The van der Waals surface area contributed by atoms with Gasteiger partial charge in [0.1, 0.15) is 0 Å². The fourth-order valence-corrected chi connectivity index (χ4v) is 4.81. The first-order valence-electron chi connectivity index (χ1n) is 10.3. The molecule has 3 fully saturated rings. The van der Waals surface area contributed by atoms with Crippen LogP contribution in [0.2, 0.25) is 0 Å². The van der Waals surface area contributed by atoms with Crippen molar-refractivity contribution in [2.75, 3.05) is 52.4 Å². The Balaban J connectivity index is 1.29. The molecule has 3 heteroatoms. The van der Waals surface area contributed by atoms with Crippen molar-refractivity contribution < 1.29 is 0 Å². The van der Waals surface area contributed by atoms with E-state index in [2.05, 4.69) is 35.5 Å². The van der Waals surface area contributed by atoms with Crippen LogP contribution in [-0.2, 0) is 0 Å². The lowest BCUT2D eigenvalue weighted by molar-refractivity contribution is 0.0308. The molecule has 3 aliphatic rings. The summed E-state index contributed by atoms with van der Waals surface area (Å²) in [6.45, 7) is 17.9. The second-order valence-corrected chi connectivity index (χ2v) is 8.81. The first kappa shape index (κ1) is 17.7. The third-order valence-electron chi connectivity index (χ3n) is 6.74. The average molecular weight is 322 g/mol. The highest BCUT2D eigenvalue weighted by Gasteiger charge is 2.31. The Kier molecular flexibility index (Phi) is 6.39. The lowest BCUT2D eigenvalue weighted by Gasteiger charge is -2.45. The van der Waals surface area contributed by atoms with E-state index >= 15 is 0 Å². The molecule has 3 nitrogen and oxygen atoms in total. The summed E-state index contributed by atoms with van der Waals surface area (Å²) in [7, 11) is 0. The third kappa shape index (κ3) is 4.93. The molecule has 3 rings (SSSR count). The van der Waals surface area contributed by atoms with Gasteiger partial charge >= 0.3 is 0 Å². The molecule has 0 aliphatic carbocycles. The van der Waals surface area contributed by atoms with Crippen molar-refractivity contribution in [1.82, 2.24) is 14.7 Å². The summed E-state index contributed by atoms with van der Waals surface area (Å²) >= 11 is 0. The van der Waals surface area contributed by atoms with Crippen molar-refractivity contribution in [2.45, 2.75) is 58.9 Å². The number of likely N-dealkylation sites (tertiary alicyclic amines) is 3. The topological polar surface area (TPSA) is 9.72 Å².